The highest BCUT2D eigenvalue weighted by atomic mass is 32.3. The van der Waals surface area contributed by atoms with Crippen LogP contribution in [0.25, 0.3) is 0 Å². The van der Waals surface area contributed by atoms with E-state index in [0.29, 0.717) is 19.3 Å². The third-order valence-electron chi connectivity index (χ3n) is 10.8. The Labute approximate surface area is 333 Å². The van der Waals surface area contributed by atoms with E-state index < -0.39 is 78.5 Å². The summed E-state index contributed by atoms with van der Waals surface area (Å²) < 4.78 is 47.2. The normalized spacial score (nSPS) is 22.1. The van der Waals surface area contributed by atoms with Crippen LogP contribution in [0.4, 0.5) is 0 Å². The standard InChI is InChI=1S/C41H81NO12S/c1-3-5-7-9-10-11-12-13-14-15-16-17-18-19-20-21-22-23-24-26-28-30-35(45)40(48)42-33(34(44)29-27-25-8-6-4-2)32-52-41-38(47)39(54-55(49,50)51)37(46)36(31-43)53-41/h33-39,41,43-47H,3-32H2,1-2H3,(H,42,48)(H,49,50,51). The Balaban J connectivity index is 2.36. The van der Waals surface area contributed by atoms with Gasteiger partial charge in [-0.25, -0.2) is 4.18 Å². The zero-order valence-electron chi connectivity index (χ0n) is 34.4. The molecule has 1 saturated heterocycles. The molecular weight excluding hydrogens is 731 g/mol. The molecule has 0 saturated carbocycles. The van der Waals surface area contributed by atoms with Crippen molar-refractivity contribution >= 4 is 16.3 Å². The summed E-state index contributed by atoms with van der Waals surface area (Å²) in [5.74, 6) is -0.673. The summed E-state index contributed by atoms with van der Waals surface area (Å²) >= 11 is 0. The van der Waals surface area contributed by atoms with Gasteiger partial charge in [-0.05, 0) is 12.8 Å². The SMILES string of the molecule is CCCCCCCCCCCCCCCCCCCCCCCC(O)C(=O)NC(COC1OC(CO)C(O)C(OS(=O)(=O)O)C1O)C(O)CCCCCCC. The summed E-state index contributed by atoms with van der Waals surface area (Å²) in [7, 11) is -5.10. The highest BCUT2D eigenvalue weighted by Crippen LogP contribution is 2.26. The summed E-state index contributed by atoms with van der Waals surface area (Å²) in [6, 6.07) is -1.02. The van der Waals surface area contributed by atoms with E-state index >= 15 is 0 Å². The number of carbonyl (C=O) groups excluding carboxylic acids is 1. The molecule has 55 heavy (non-hydrogen) atoms. The number of aliphatic hydroxyl groups is 5. The van der Waals surface area contributed by atoms with E-state index in [1.54, 1.807) is 0 Å². The van der Waals surface area contributed by atoms with Gasteiger partial charge in [0.2, 0.25) is 5.91 Å². The molecule has 1 aliphatic rings. The van der Waals surface area contributed by atoms with Crippen molar-refractivity contribution in [3.05, 3.63) is 0 Å². The highest BCUT2D eigenvalue weighted by Gasteiger charge is 2.48. The lowest BCUT2D eigenvalue weighted by molar-refractivity contribution is -0.298. The molecule has 7 N–H and O–H groups in total. The van der Waals surface area contributed by atoms with Crippen LogP contribution in [0.2, 0.25) is 0 Å². The van der Waals surface area contributed by atoms with Crippen molar-refractivity contribution in [2.75, 3.05) is 13.2 Å². The second kappa shape index (κ2) is 33.0. The molecule has 1 aliphatic heterocycles. The van der Waals surface area contributed by atoms with Crippen LogP contribution in [0.15, 0.2) is 0 Å². The number of hydrogen-bond donors (Lipinski definition) is 7. The predicted molar refractivity (Wildman–Crippen MR) is 215 cm³/mol. The molecule has 1 fully saturated rings. The van der Waals surface area contributed by atoms with Gasteiger partial charge in [0, 0.05) is 0 Å². The smallest absolute Gasteiger partial charge is 0.394 e. The first kappa shape index (κ1) is 52.1. The molecule has 13 nitrogen and oxygen atoms in total. The Bertz CT molecular complexity index is 1020. The van der Waals surface area contributed by atoms with Gasteiger partial charge in [0.25, 0.3) is 0 Å². The van der Waals surface area contributed by atoms with Crippen LogP contribution in [0.1, 0.15) is 194 Å². The van der Waals surface area contributed by atoms with Gasteiger partial charge in [-0.3, -0.25) is 9.35 Å². The second-order valence-electron chi connectivity index (χ2n) is 15.8. The van der Waals surface area contributed by atoms with Crippen LogP contribution in [-0.2, 0) is 28.9 Å². The van der Waals surface area contributed by atoms with Gasteiger partial charge in [0.15, 0.2) is 6.29 Å². The van der Waals surface area contributed by atoms with Gasteiger partial charge in [-0.1, -0.05) is 181 Å². The molecule has 0 aromatic rings. The molecule has 0 aromatic carbocycles. The number of unbranched alkanes of at least 4 members (excludes halogenated alkanes) is 24. The van der Waals surface area contributed by atoms with E-state index in [9.17, 15) is 38.7 Å². The molecule has 8 unspecified atom stereocenters. The molecule has 1 heterocycles. The molecule has 0 radical (unpaired) electrons. The molecule has 1 amide bonds. The van der Waals surface area contributed by atoms with Gasteiger partial charge in [-0.15, -0.1) is 0 Å². The van der Waals surface area contributed by atoms with E-state index in [4.69, 9.17) is 14.0 Å². The van der Waals surface area contributed by atoms with E-state index in [1.807, 2.05) is 0 Å². The quantitative estimate of drug-likeness (QED) is 0.0255. The topological polar surface area (TPSA) is 212 Å². The van der Waals surface area contributed by atoms with Crippen molar-refractivity contribution in [3.8, 4) is 0 Å². The van der Waals surface area contributed by atoms with E-state index in [-0.39, 0.29) is 6.42 Å². The molecule has 8 atom stereocenters. The van der Waals surface area contributed by atoms with Crippen LogP contribution < -0.4 is 5.32 Å². The number of carbonyl (C=O) groups is 1. The number of ether oxygens (including phenoxy) is 2. The maximum atomic E-state index is 13.0. The van der Waals surface area contributed by atoms with E-state index in [0.717, 1.165) is 44.9 Å². The monoisotopic (exact) mass is 812 g/mol. The van der Waals surface area contributed by atoms with Gasteiger partial charge in [-0.2, -0.15) is 8.42 Å². The lowest BCUT2D eigenvalue weighted by atomic mass is 9.99. The zero-order chi connectivity index (χ0) is 40.7. The Morgan fingerprint density at radius 1 is 0.655 bits per heavy atom. The van der Waals surface area contributed by atoms with Gasteiger partial charge in [0.05, 0.1) is 25.4 Å². The predicted octanol–water partition coefficient (Wildman–Crippen LogP) is 6.80. The van der Waals surface area contributed by atoms with Crippen molar-refractivity contribution in [1.82, 2.24) is 5.32 Å². The second-order valence-corrected chi connectivity index (χ2v) is 16.8. The van der Waals surface area contributed by atoms with Crippen LogP contribution in [0, 0.1) is 0 Å². The van der Waals surface area contributed by atoms with Crippen LogP contribution in [0.3, 0.4) is 0 Å². The lowest BCUT2D eigenvalue weighted by Crippen LogP contribution is -2.61. The van der Waals surface area contributed by atoms with Gasteiger partial charge < -0.3 is 40.3 Å². The highest BCUT2D eigenvalue weighted by molar-refractivity contribution is 7.80. The third kappa shape index (κ3) is 25.9. The minimum atomic E-state index is -5.10. The molecule has 328 valence electrons. The molecule has 14 heteroatoms. The van der Waals surface area contributed by atoms with E-state index in [1.165, 1.54) is 109 Å². The fraction of sp³-hybridized carbons (Fsp3) is 0.976. The maximum Gasteiger partial charge on any atom is 0.397 e. The fourth-order valence-electron chi connectivity index (χ4n) is 7.23. The first-order chi connectivity index (χ1) is 26.4. The van der Waals surface area contributed by atoms with Crippen molar-refractivity contribution in [2.45, 2.75) is 243 Å². The molecular formula is C41H81NO12S. The first-order valence-corrected chi connectivity index (χ1v) is 23.4. The molecule has 1 rings (SSSR count). The number of hydrogen-bond acceptors (Lipinski definition) is 11. The fourth-order valence-corrected chi connectivity index (χ4v) is 7.74. The minimum Gasteiger partial charge on any atom is -0.394 e. The Hall–Kier alpha value is -0.940. The molecule has 0 bridgehead atoms. The summed E-state index contributed by atoms with van der Waals surface area (Å²) in [6.07, 6.45) is 20.9. The van der Waals surface area contributed by atoms with Crippen molar-refractivity contribution in [1.29, 1.82) is 0 Å². The number of nitrogens with one attached hydrogen (secondary N) is 1. The van der Waals surface area contributed by atoms with Gasteiger partial charge in [0.1, 0.15) is 30.5 Å². The Morgan fingerprint density at radius 2 is 1.05 bits per heavy atom. The summed E-state index contributed by atoms with van der Waals surface area (Å²) in [4.78, 5) is 13.0. The van der Waals surface area contributed by atoms with Crippen LogP contribution >= 0.6 is 0 Å². The largest absolute Gasteiger partial charge is 0.397 e. The van der Waals surface area contributed by atoms with Crippen LogP contribution in [0.5, 0.6) is 0 Å². The number of aliphatic hydroxyl groups excluding tert-OH is 5. The van der Waals surface area contributed by atoms with Crippen molar-refractivity contribution in [2.24, 2.45) is 0 Å². The Kier molecular flexibility index (Phi) is 31.2. The maximum absolute atomic E-state index is 13.0. The first-order valence-electron chi connectivity index (χ1n) is 22.0. The average Bonchev–Trinajstić information content (AvgIpc) is 3.15. The number of rotatable bonds is 37. The molecule has 0 aromatic heterocycles. The number of amides is 1. The van der Waals surface area contributed by atoms with Crippen molar-refractivity contribution in [3.63, 3.8) is 0 Å². The molecule has 0 spiro atoms. The minimum absolute atomic E-state index is 0.265. The lowest BCUT2D eigenvalue weighted by Gasteiger charge is -2.41. The van der Waals surface area contributed by atoms with Crippen molar-refractivity contribution < 1.29 is 57.0 Å². The molecule has 0 aliphatic carbocycles. The average molecular weight is 812 g/mol. The van der Waals surface area contributed by atoms with E-state index in [2.05, 4.69) is 23.3 Å². The summed E-state index contributed by atoms with van der Waals surface area (Å²) in [5, 5.41) is 54.8. The summed E-state index contributed by atoms with van der Waals surface area (Å²) in [6.45, 7) is 3.16. The van der Waals surface area contributed by atoms with Crippen LogP contribution in [-0.4, -0.2) is 107 Å². The third-order valence-corrected chi connectivity index (χ3v) is 11.2. The zero-order valence-corrected chi connectivity index (χ0v) is 35.2. The Morgan fingerprint density at radius 3 is 1.45 bits per heavy atom. The summed E-state index contributed by atoms with van der Waals surface area (Å²) in [5.41, 5.74) is 0. The van der Waals surface area contributed by atoms with Gasteiger partial charge >= 0.3 is 10.4 Å².